The molecule has 0 bridgehead atoms. The topological polar surface area (TPSA) is 67.4 Å². The van der Waals surface area contributed by atoms with Crippen LogP contribution < -0.4 is 15.4 Å². The van der Waals surface area contributed by atoms with Crippen LogP contribution in [0.4, 0.5) is 5.69 Å². The van der Waals surface area contributed by atoms with Gasteiger partial charge in [0.1, 0.15) is 5.75 Å². The molecule has 2 rings (SSSR count). The molecule has 0 aromatic heterocycles. The van der Waals surface area contributed by atoms with Crippen molar-refractivity contribution in [3.8, 4) is 5.75 Å². The molecule has 0 unspecified atom stereocenters. The highest BCUT2D eigenvalue weighted by Gasteiger charge is 2.25. The number of hydrogen-bond acceptors (Lipinski definition) is 3. The second kappa shape index (κ2) is 9.30. The first kappa shape index (κ1) is 18.3. The van der Waals surface area contributed by atoms with Gasteiger partial charge >= 0.3 is 11.8 Å². The van der Waals surface area contributed by atoms with Gasteiger partial charge in [-0.25, -0.2) is 0 Å². The third-order valence-electron chi connectivity index (χ3n) is 4.51. The number of rotatable bonds is 6. The van der Waals surface area contributed by atoms with Crippen LogP contribution in [0, 0.1) is 5.92 Å². The minimum atomic E-state index is -0.618. The zero-order valence-electron chi connectivity index (χ0n) is 14.6. The Balaban J connectivity index is 1.81. The highest BCUT2D eigenvalue weighted by molar-refractivity contribution is 6.39. The van der Waals surface area contributed by atoms with Crippen molar-refractivity contribution < 1.29 is 14.3 Å². The molecule has 0 aliphatic heterocycles. The largest absolute Gasteiger partial charge is 0.494 e. The van der Waals surface area contributed by atoms with E-state index in [2.05, 4.69) is 24.5 Å². The Labute approximate surface area is 144 Å². The van der Waals surface area contributed by atoms with Crippen LogP contribution in [0.15, 0.2) is 24.3 Å². The van der Waals surface area contributed by atoms with E-state index >= 15 is 0 Å². The second-order valence-electron chi connectivity index (χ2n) is 6.52. The van der Waals surface area contributed by atoms with E-state index in [1.807, 2.05) is 0 Å². The molecule has 5 heteroatoms. The summed E-state index contributed by atoms with van der Waals surface area (Å²) in [7, 11) is 0. The molecular formula is C19H28N2O3. The van der Waals surface area contributed by atoms with Crippen molar-refractivity contribution in [2.45, 2.75) is 58.4 Å². The fourth-order valence-corrected chi connectivity index (χ4v) is 2.92. The van der Waals surface area contributed by atoms with Crippen LogP contribution in [-0.2, 0) is 9.59 Å². The number of anilines is 1. The number of ether oxygens (including phenoxy) is 1. The first-order valence-corrected chi connectivity index (χ1v) is 8.95. The number of amides is 2. The molecule has 2 amide bonds. The van der Waals surface area contributed by atoms with E-state index in [0.29, 0.717) is 18.2 Å². The summed E-state index contributed by atoms with van der Waals surface area (Å²) in [6, 6.07) is 7.19. The maximum absolute atomic E-state index is 12.1. The average Bonchev–Trinajstić information content (AvgIpc) is 2.58. The van der Waals surface area contributed by atoms with Gasteiger partial charge in [0.2, 0.25) is 0 Å². The average molecular weight is 332 g/mol. The second-order valence-corrected chi connectivity index (χ2v) is 6.52. The predicted molar refractivity (Wildman–Crippen MR) is 95.0 cm³/mol. The third kappa shape index (κ3) is 5.55. The summed E-state index contributed by atoms with van der Waals surface area (Å²) < 4.78 is 5.57. The molecule has 0 heterocycles. The monoisotopic (exact) mass is 332 g/mol. The molecular weight excluding hydrogens is 304 g/mol. The quantitative estimate of drug-likeness (QED) is 0.619. The number of benzene rings is 1. The van der Waals surface area contributed by atoms with Crippen LogP contribution >= 0.6 is 0 Å². The van der Waals surface area contributed by atoms with Crippen LogP contribution in [0.2, 0.25) is 0 Å². The Morgan fingerprint density at radius 1 is 1.12 bits per heavy atom. The molecule has 1 aromatic carbocycles. The van der Waals surface area contributed by atoms with Crippen molar-refractivity contribution in [2.75, 3.05) is 11.9 Å². The molecule has 1 aliphatic rings. The summed E-state index contributed by atoms with van der Waals surface area (Å²) in [5.74, 6) is 0.0152. The van der Waals surface area contributed by atoms with Crippen molar-refractivity contribution in [2.24, 2.45) is 5.92 Å². The van der Waals surface area contributed by atoms with Gasteiger partial charge < -0.3 is 15.4 Å². The van der Waals surface area contributed by atoms with Crippen molar-refractivity contribution in [3.63, 3.8) is 0 Å². The van der Waals surface area contributed by atoms with Gasteiger partial charge in [-0.15, -0.1) is 0 Å². The minimum Gasteiger partial charge on any atom is -0.494 e. The summed E-state index contributed by atoms with van der Waals surface area (Å²) in [4.78, 5) is 24.1. The molecule has 5 nitrogen and oxygen atoms in total. The summed E-state index contributed by atoms with van der Waals surface area (Å²) in [6.07, 6.45) is 6.46. The molecule has 1 aliphatic carbocycles. The molecule has 2 atom stereocenters. The Morgan fingerprint density at radius 3 is 2.50 bits per heavy atom. The van der Waals surface area contributed by atoms with E-state index in [1.165, 1.54) is 6.42 Å². The van der Waals surface area contributed by atoms with E-state index in [0.717, 1.165) is 37.9 Å². The van der Waals surface area contributed by atoms with Gasteiger partial charge in [-0.3, -0.25) is 9.59 Å². The first-order valence-electron chi connectivity index (χ1n) is 8.95. The Kier molecular flexibility index (Phi) is 7.09. The van der Waals surface area contributed by atoms with Crippen LogP contribution in [0.25, 0.3) is 0 Å². The van der Waals surface area contributed by atoms with Gasteiger partial charge in [-0.2, -0.15) is 0 Å². The lowest BCUT2D eigenvalue weighted by Gasteiger charge is -2.29. The highest BCUT2D eigenvalue weighted by Crippen LogP contribution is 2.23. The Bertz CT molecular complexity index is 542. The van der Waals surface area contributed by atoms with Gasteiger partial charge in [0.05, 0.1) is 6.61 Å². The third-order valence-corrected chi connectivity index (χ3v) is 4.51. The number of carbonyl (C=O) groups is 2. The molecule has 1 fully saturated rings. The smallest absolute Gasteiger partial charge is 0.313 e. The lowest BCUT2D eigenvalue weighted by molar-refractivity contribution is -0.137. The fourth-order valence-electron chi connectivity index (χ4n) is 2.92. The van der Waals surface area contributed by atoms with Crippen LogP contribution in [0.3, 0.4) is 0 Å². The number of nitrogens with one attached hydrogen (secondary N) is 2. The van der Waals surface area contributed by atoms with Gasteiger partial charge in [0.25, 0.3) is 0 Å². The standard InChI is InChI=1S/C19H28N2O3/c1-3-4-13-24-16-11-9-15(10-12-16)20-18(22)19(23)21-17-8-6-5-7-14(17)2/h9-12,14,17H,3-8,13H2,1-2H3,(H,20,22)(H,21,23)/t14-,17+/m1/s1. The Morgan fingerprint density at radius 2 is 1.83 bits per heavy atom. The predicted octanol–water partition coefficient (Wildman–Crippen LogP) is 3.50. The van der Waals surface area contributed by atoms with Crippen LogP contribution in [0.1, 0.15) is 52.4 Å². The molecule has 24 heavy (non-hydrogen) atoms. The van der Waals surface area contributed by atoms with E-state index < -0.39 is 11.8 Å². The van der Waals surface area contributed by atoms with Crippen molar-refractivity contribution in [3.05, 3.63) is 24.3 Å². The summed E-state index contributed by atoms with van der Waals surface area (Å²) >= 11 is 0. The van der Waals surface area contributed by atoms with Gasteiger partial charge in [-0.05, 0) is 49.4 Å². The van der Waals surface area contributed by atoms with Crippen LogP contribution in [0.5, 0.6) is 5.75 Å². The molecule has 2 N–H and O–H groups in total. The SMILES string of the molecule is CCCCOc1ccc(NC(=O)C(=O)N[C@H]2CCCC[C@H]2C)cc1. The fraction of sp³-hybridized carbons (Fsp3) is 0.579. The molecule has 0 radical (unpaired) electrons. The van der Waals surface area contributed by atoms with E-state index in [-0.39, 0.29) is 6.04 Å². The molecule has 1 aromatic rings. The zero-order chi connectivity index (χ0) is 17.4. The molecule has 0 spiro atoms. The number of unbranched alkanes of at least 4 members (excludes halogenated alkanes) is 1. The van der Waals surface area contributed by atoms with E-state index in [4.69, 9.17) is 4.74 Å². The Hall–Kier alpha value is -2.04. The van der Waals surface area contributed by atoms with E-state index in [9.17, 15) is 9.59 Å². The first-order chi connectivity index (χ1) is 11.6. The summed E-state index contributed by atoms with van der Waals surface area (Å²) in [5, 5.41) is 5.49. The van der Waals surface area contributed by atoms with Gasteiger partial charge in [0.15, 0.2) is 0 Å². The number of hydrogen-bond donors (Lipinski definition) is 2. The van der Waals surface area contributed by atoms with Crippen molar-refractivity contribution >= 4 is 17.5 Å². The van der Waals surface area contributed by atoms with Gasteiger partial charge in [0, 0.05) is 11.7 Å². The van der Waals surface area contributed by atoms with Crippen molar-refractivity contribution in [1.29, 1.82) is 0 Å². The van der Waals surface area contributed by atoms with Crippen molar-refractivity contribution in [1.82, 2.24) is 5.32 Å². The minimum absolute atomic E-state index is 0.103. The van der Waals surface area contributed by atoms with Gasteiger partial charge in [-0.1, -0.05) is 33.1 Å². The highest BCUT2D eigenvalue weighted by atomic mass is 16.5. The van der Waals surface area contributed by atoms with E-state index in [1.54, 1.807) is 24.3 Å². The molecule has 132 valence electrons. The molecule has 0 saturated heterocycles. The normalized spacial score (nSPS) is 20.2. The van der Waals surface area contributed by atoms with Crippen LogP contribution in [-0.4, -0.2) is 24.5 Å². The lowest BCUT2D eigenvalue weighted by atomic mass is 9.86. The number of carbonyl (C=O) groups excluding carboxylic acids is 2. The summed E-state index contributed by atoms with van der Waals surface area (Å²) in [5.41, 5.74) is 0.592. The maximum atomic E-state index is 12.1. The maximum Gasteiger partial charge on any atom is 0.313 e. The zero-order valence-corrected chi connectivity index (χ0v) is 14.6. The molecule has 1 saturated carbocycles. The lowest BCUT2D eigenvalue weighted by Crippen LogP contribution is -2.45. The summed E-state index contributed by atoms with van der Waals surface area (Å²) in [6.45, 7) is 4.92.